The van der Waals surface area contributed by atoms with E-state index in [1.807, 2.05) is 33.7 Å². The van der Waals surface area contributed by atoms with Crippen LogP contribution in [0.3, 0.4) is 0 Å². The van der Waals surface area contributed by atoms with Crippen molar-refractivity contribution < 1.29 is 4.79 Å². The van der Waals surface area contributed by atoms with Crippen LogP contribution >= 0.6 is 0 Å². The van der Waals surface area contributed by atoms with Gasteiger partial charge < -0.3 is 15.2 Å². The van der Waals surface area contributed by atoms with Gasteiger partial charge in [-0.15, -0.1) is 0 Å². The Morgan fingerprint density at radius 1 is 1.19 bits per heavy atom. The third kappa shape index (κ3) is 3.94. The molecule has 0 atom stereocenters. The lowest BCUT2D eigenvalue weighted by molar-refractivity contribution is 0.172. The predicted octanol–water partition coefficient (Wildman–Crippen LogP) is 3.57. The Balaban J connectivity index is 1.30. The first-order valence-electron chi connectivity index (χ1n) is 10.1. The van der Waals surface area contributed by atoms with Gasteiger partial charge in [-0.1, -0.05) is 23.8 Å². The number of urea groups is 1. The predicted molar refractivity (Wildman–Crippen MR) is 107 cm³/mol. The maximum atomic E-state index is 12.4. The summed E-state index contributed by atoms with van der Waals surface area (Å²) in [5.74, 6) is 0. The molecule has 27 heavy (non-hydrogen) atoms. The molecule has 6 nitrogen and oxygen atoms in total. The molecule has 1 fully saturated rings. The first-order chi connectivity index (χ1) is 13.2. The summed E-state index contributed by atoms with van der Waals surface area (Å²) in [6.45, 7) is 2.09. The number of para-hydroxylation sites is 2. The number of aromatic nitrogens is 2. The van der Waals surface area contributed by atoms with E-state index in [-0.39, 0.29) is 17.8 Å². The van der Waals surface area contributed by atoms with Crippen LogP contribution < -0.4 is 11.0 Å². The molecule has 2 aliphatic rings. The lowest BCUT2D eigenvalue weighted by atomic mass is 9.97. The van der Waals surface area contributed by atoms with E-state index >= 15 is 0 Å². The number of carbonyl (C=O) groups is 1. The van der Waals surface area contributed by atoms with Crippen LogP contribution in [0.5, 0.6) is 0 Å². The fourth-order valence-corrected chi connectivity index (χ4v) is 4.34. The summed E-state index contributed by atoms with van der Waals surface area (Å²) in [7, 11) is 0. The van der Waals surface area contributed by atoms with Gasteiger partial charge in [0.05, 0.1) is 11.0 Å². The van der Waals surface area contributed by atoms with Gasteiger partial charge in [-0.2, -0.15) is 0 Å². The number of piperidine rings is 1. The molecule has 0 saturated carbocycles. The summed E-state index contributed by atoms with van der Waals surface area (Å²) in [5.41, 5.74) is 3.25. The number of fused-ring (bicyclic) bond motifs is 1. The third-order valence-electron chi connectivity index (χ3n) is 5.85. The normalized spacial score (nSPS) is 18.5. The Kier molecular flexibility index (Phi) is 5.32. The minimum Gasteiger partial charge on any atom is -0.338 e. The highest BCUT2D eigenvalue weighted by Crippen LogP contribution is 2.25. The standard InChI is InChI=1S/C21H28N4O2/c26-20(22-13-10-16-6-2-1-3-7-16)24-14-11-17(12-15-24)25-19-9-5-4-8-18(19)23-21(25)27/h4-6,8-9,17H,1-3,7,10-15H2,(H,22,26)(H,23,27). The molecular weight excluding hydrogens is 340 g/mol. The summed E-state index contributed by atoms with van der Waals surface area (Å²) in [6.07, 6.45) is 9.85. The molecule has 0 unspecified atom stereocenters. The molecule has 4 rings (SSSR count). The van der Waals surface area contributed by atoms with Crippen LogP contribution in [0, 0.1) is 0 Å². The number of amides is 2. The summed E-state index contributed by atoms with van der Waals surface area (Å²) in [6, 6.07) is 7.96. The first kappa shape index (κ1) is 17.9. The molecule has 6 heteroatoms. The van der Waals surface area contributed by atoms with Crippen LogP contribution in [-0.2, 0) is 0 Å². The number of nitrogens with one attached hydrogen (secondary N) is 2. The minimum absolute atomic E-state index is 0.0242. The number of imidazole rings is 1. The Morgan fingerprint density at radius 2 is 2.00 bits per heavy atom. The monoisotopic (exact) mass is 368 g/mol. The largest absolute Gasteiger partial charge is 0.338 e. The van der Waals surface area contributed by atoms with Crippen molar-refractivity contribution in [2.45, 2.75) is 51.0 Å². The fraction of sp³-hybridized carbons (Fsp3) is 0.524. The number of aromatic amines is 1. The molecule has 0 bridgehead atoms. The number of hydrogen-bond donors (Lipinski definition) is 2. The van der Waals surface area contributed by atoms with E-state index < -0.39 is 0 Å². The number of benzene rings is 1. The van der Waals surface area contributed by atoms with E-state index in [4.69, 9.17) is 0 Å². The molecule has 0 spiro atoms. The molecular formula is C21H28N4O2. The maximum Gasteiger partial charge on any atom is 0.326 e. The number of H-pyrrole nitrogens is 1. The second kappa shape index (κ2) is 8.03. The van der Waals surface area contributed by atoms with E-state index in [1.165, 1.54) is 31.3 Å². The molecule has 1 aromatic heterocycles. The van der Waals surface area contributed by atoms with Crippen molar-refractivity contribution in [2.75, 3.05) is 19.6 Å². The van der Waals surface area contributed by atoms with Gasteiger partial charge in [0.1, 0.15) is 0 Å². The Labute approximate surface area is 159 Å². The van der Waals surface area contributed by atoms with Gasteiger partial charge in [0.15, 0.2) is 0 Å². The summed E-state index contributed by atoms with van der Waals surface area (Å²) in [5, 5.41) is 3.06. The van der Waals surface area contributed by atoms with E-state index in [1.54, 1.807) is 0 Å². The molecule has 2 amide bonds. The number of nitrogens with zero attached hydrogens (tertiary/aromatic N) is 2. The molecule has 2 N–H and O–H groups in total. The average Bonchev–Trinajstić information content (AvgIpc) is 3.04. The Bertz CT molecular complexity index is 887. The second-order valence-corrected chi connectivity index (χ2v) is 7.63. The molecule has 1 saturated heterocycles. The number of rotatable bonds is 4. The lowest BCUT2D eigenvalue weighted by Crippen LogP contribution is -2.45. The molecule has 0 radical (unpaired) electrons. The highest BCUT2D eigenvalue weighted by molar-refractivity contribution is 5.75. The first-order valence-corrected chi connectivity index (χ1v) is 10.1. The minimum atomic E-state index is -0.0557. The Hall–Kier alpha value is -2.50. The van der Waals surface area contributed by atoms with Crippen molar-refractivity contribution >= 4 is 17.1 Å². The van der Waals surface area contributed by atoms with Gasteiger partial charge in [-0.3, -0.25) is 4.57 Å². The van der Waals surface area contributed by atoms with Crippen LogP contribution in [0.1, 0.15) is 51.0 Å². The van der Waals surface area contributed by atoms with Crippen molar-refractivity contribution in [3.05, 3.63) is 46.4 Å². The zero-order chi connectivity index (χ0) is 18.6. The number of hydrogen-bond acceptors (Lipinski definition) is 2. The smallest absolute Gasteiger partial charge is 0.326 e. The van der Waals surface area contributed by atoms with Gasteiger partial charge in [0, 0.05) is 25.7 Å². The fourth-order valence-electron chi connectivity index (χ4n) is 4.34. The number of allylic oxidation sites excluding steroid dienone is 1. The molecule has 144 valence electrons. The van der Waals surface area contributed by atoms with Crippen LogP contribution in [-0.4, -0.2) is 40.1 Å². The summed E-state index contributed by atoms with van der Waals surface area (Å²) < 4.78 is 1.86. The van der Waals surface area contributed by atoms with Gasteiger partial charge in [0.2, 0.25) is 0 Å². The Morgan fingerprint density at radius 3 is 2.78 bits per heavy atom. The quantitative estimate of drug-likeness (QED) is 0.810. The SMILES string of the molecule is O=C(NCCC1=CCCCC1)N1CCC(n2c(=O)[nH]c3ccccc32)CC1. The van der Waals surface area contributed by atoms with Crippen LogP contribution in [0.25, 0.3) is 11.0 Å². The van der Waals surface area contributed by atoms with Crippen molar-refractivity contribution in [3.8, 4) is 0 Å². The van der Waals surface area contributed by atoms with E-state index in [9.17, 15) is 9.59 Å². The second-order valence-electron chi connectivity index (χ2n) is 7.63. The third-order valence-corrected chi connectivity index (χ3v) is 5.85. The van der Waals surface area contributed by atoms with Crippen LogP contribution in [0.15, 0.2) is 40.7 Å². The average molecular weight is 368 g/mol. The van der Waals surface area contributed by atoms with Gasteiger partial charge in [-0.05, 0) is 57.1 Å². The van der Waals surface area contributed by atoms with Crippen molar-refractivity contribution in [1.29, 1.82) is 0 Å². The molecule has 1 aromatic carbocycles. The number of carbonyl (C=O) groups excluding carboxylic acids is 1. The van der Waals surface area contributed by atoms with Crippen molar-refractivity contribution in [2.24, 2.45) is 0 Å². The van der Waals surface area contributed by atoms with Crippen molar-refractivity contribution in [1.82, 2.24) is 19.8 Å². The zero-order valence-electron chi connectivity index (χ0n) is 15.7. The highest BCUT2D eigenvalue weighted by atomic mass is 16.2. The van der Waals surface area contributed by atoms with Crippen molar-refractivity contribution in [3.63, 3.8) is 0 Å². The van der Waals surface area contributed by atoms with Crippen LogP contribution in [0.2, 0.25) is 0 Å². The van der Waals surface area contributed by atoms with Gasteiger partial charge >= 0.3 is 11.7 Å². The van der Waals surface area contributed by atoms with E-state index in [2.05, 4.69) is 16.4 Å². The molecule has 1 aliphatic carbocycles. The molecule has 2 heterocycles. The summed E-state index contributed by atoms with van der Waals surface area (Å²) >= 11 is 0. The lowest BCUT2D eigenvalue weighted by Gasteiger charge is -2.32. The highest BCUT2D eigenvalue weighted by Gasteiger charge is 2.25. The maximum absolute atomic E-state index is 12.4. The van der Waals surface area contributed by atoms with Crippen LogP contribution in [0.4, 0.5) is 4.79 Å². The zero-order valence-corrected chi connectivity index (χ0v) is 15.7. The molecule has 1 aliphatic heterocycles. The molecule has 2 aromatic rings. The van der Waals surface area contributed by atoms with Gasteiger partial charge in [0.25, 0.3) is 0 Å². The summed E-state index contributed by atoms with van der Waals surface area (Å²) in [4.78, 5) is 29.6. The number of likely N-dealkylation sites (tertiary alicyclic amines) is 1. The van der Waals surface area contributed by atoms with Gasteiger partial charge in [-0.25, -0.2) is 9.59 Å². The topological polar surface area (TPSA) is 70.1 Å². The van der Waals surface area contributed by atoms with E-state index in [0.29, 0.717) is 19.6 Å². The van der Waals surface area contributed by atoms with E-state index in [0.717, 1.165) is 30.3 Å².